The van der Waals surface area contributed by atoms with Crippen molar-refractivity contribution in [3.05, 3.63) is 0 Å². The molecule has 0 aromatic carbocycles. The van der Waals surface area contributed by atoms with Crippen LogP contribution in [0.2, 0.25) is 0 Å². The van der Waals surface area contributed by atoms with Crippen LogP contribution in [-0.4, -0.2) is 34.7 Å². The molecule has 0 fully saturated rings. The van der Waals surface area contributed by atoms with Crippen molar-refractivity contribution >= 4 is 34.7 Å². The molecule has 9 heavy (non-hydrogen) atoms. The Morgan fingerprint density at radius 1 is 0.444 bits per heavy atom. The van der Waals surface area contributed by atoms with Crippen LogP contribution < -0.4 is 0 Å². The summed E-state index contributed by atoms with van der Waals surface area (Å²) in [6.45, 7) is 0. The van der Waals surface area contributed by atoms with Gasteiger partial charge in [0, 0.05) is 67.7 Å². The van der Waals surface area contributed by atoms with Crippen LogP contribution in [0.15, 0.2) is 0 Å². The van der Waals surface area contributed by atoms with Crippen molar-refractivity contribution in [2.75, 3.05) is 0 Å². The predicted molar refractivity (Wildman–Crippen MR) is 13.6 cm³/mol. The zero-order chi connectivity index (χ0) is 0. The van der Waals surface area contributed by atoms with Crippen LogP contribution in [0.5, 0.6) is 0 Å². The largest absolute Gasteiger partial charge is 3.00 e. The van der Waals surface area contributed by atoms with E-state index < -0.39 is 0 Å². The van der Waals surface area contributed by atoms with Crippen molar-refractivity contribution in [3.8, 4) is 0 Å². The van der Waals surface area contributed by atoms with Gasteiger partial charge in [0.2, 0.25) is 0 Å². The smallest absolute Gasteiger partial charge is 2.00 e. The van der Waals surface area contributed by atoms with Crippen LogP contribution >= 0.6 is 0 Å². The van der Waals surface area contributed by atoms with Crippen molar-refractivity contribution in [2.45, 2.75) is 0 Å². The molecule has 58 valence electrons. The van der Waals surface area contributed by atoms with E-state index in [1.54, 1.807) is 0 Å². The molecule has 0 unspecified atom stereocenters. The van der Waals surface area contributed by atoms with Gasteiger partial charge < -0.3 is 16.4 Å². The molecular weight excluding hydrogens is 332 g/mol. The Hall–Kier alpha value is 3.00. The molecule has 0 atom stereocenters. The Balaban J connectivity index is 0. The molecule has 0 aromatic rings. The van der Waals surface area contributed by atoms with Crippen LogP contribution in [-0.2, 0) is 84.1 Å². The standard InChI is InChI=1S/2Al.2Co.2Fe.3O/q2*+3;;;;;3*-2. The molecule has 2 radical (unpaired) electrons. The molecule has 0 saturated carbocycles. The molecule has 0 N–H and O–H groups in total. The first kappa shape index (κ1) is 162. The average Bonchev–Trinajstić information content (AvgIpc) is 0. The first-order chi connectivity index (χ1) is 0. The summed E-state index contributed by atoms with van der Waals surface area (Å²) in [5.41, 5.74) is 0. The Kier molecular flexibility index (Phi) is 2200. The van der Waals surface area contributed by atoms with E-state index in [4.69, 9.17) is 0 Å². The third-order valence-corrected chi connectivity index (χ3v) is 0. The fourth-order valence-electron chi connectivity index (χ4n) is 0. The predicted octanol–water partition coefficient (Wildman–Crippen LogP) is -1.13. The van der Waals surface area contributed by atoms with E-state index in [-0.39, 0.29) is 119 Å². The van der Waals surface area contributed by atoms with Crippen molar-refractivity contribution in [2.24, 2.45) is 0 Å². The third kappa shape index (κ3) is 99.1. The molecule has 0 aliphatic rings. The van der Waals surface area contributed by atoms with Crippen molar-refractivity contribution < 1.29 is 84.1 Å². The zero-order valence-electron chi connectivity index (χ0n) is 3.75. The molecule has 0 spiro atoms. The van der Waals surface area contributed by atoms with Crippen LogP contribution in [0.4, 0.5) is 0 Å². The number of hydrogen-bond acceptors (Lipinski definition) is 0. The van der Waals surface area contributed by atoms with Crippen LogP contribution in [0.25, 0.3) is 0 Å². The summed E-state index contributed by atoms with van der Waals surface area (Å²) < 4.78 is 0. The van der Waals surface area contributed by atoms with Gasteiger partial charge in [0.1, 0.15) is 0 Å². The minimum absolute atomic E-state index is 0. The van der Waals surface area contributed by atoms with Crippen molar-refractivity contribution in [1.82, 2.24) is 0 Å². The van der Waals surface area contributed by atoms with Gasteiger partial charge in [-0.05, 0) is 0 Å². The average molecular weight is 332 g/mol. The summed E-state index contributed by atoms with van der Waals surface area (Å²) in [6, 6.07) is 0. The van der Waals surface area contributed by atoms with Gasteiger partial charge in [0.25, 0.3) is 0 Å². The van der Waals surface area contributed by atoms with Gasteiger partial charge in [-0.1, -0.05) is 0 Å². The van der Waals surface area contributed by atoms with Gasteiger partial charge in [-0.3, -0.25) is 0 Å². The molecule has 9 heteroatoms. The van der Waals surface area contributed by atoms with E-state index in [2.05, 4.69) is 0 Å². The monoisotopic (exact) mass is 332 g/mol. The van der Waals surface area contributed by atoms with Crippen LogP contribution in [0.1, 0.15) is 0 Å². The van der Waals surface area contributed by atoms with E-state index in [9.17, 15) is 0 Å². The first-order valence-corrected chi connectivity index (χ1v) is 0. The Morgan fingerprint density at radius 3 is 0.444 bits per heavy atom. The van der Waals surface area contributed by atoms with Gasteiger partial charge in [0.05, 0.1) is 0 Å². The minimum Gasteiger partial charge on any atom is -2.00 e. The molecule has 0 heterocycles. The van der Waals surface area contributed by atoms with Gasteiger partial charge in [0.15, 0.2) is 0 Å². The van der Waals surface area contributed by atoms with Gasteiger partial charge >= 0.3 is 34.7 Å². The summed E-state index contributed by atoms with van der Waals surface area (Å²) in [7, 11) is 0. The molecule has 0 aromatic heterocycles. The fraction of sp³-hybridized carbons (Fsp3) is 0. The summed E-state index contributed by atoms with van der Waals surface area (Å²) in [5.74, 6) is 0. The molecule has 0 saturated heterocycles. The van der Waals surface area contributed by atoms with E-state index in [0.717, 1.165) is 0 Å². The Morgan fingerprint density at radius 2 is 0.444 bits per heavy atom. The number of hydrogen-bond donors (Lipinski definition) is 0. The maximum Gasteiger partial charge on any atom is 3.00 e. The van der Waals surface area contributed by atoms with E-state index in [1.807, 2.05) is 0 Å². The normalized spacial score (nSPS) is 0. The first-order valence-electron chi connectivity index (χ1n) is 0. The molecular formula is Al2Co2Fe2O3. The summed E-state index contributed by atoms with van der Waals surface area (Å²) in [6.07, 6.45) is 0. The summed E-state index contributed by atoms with van der Waals surface area (Å²) in [5, 5.41) is 0. The SMILES string of the molecule is [Al+3].[Al+3].[Co].[Co].[Fe].[Fe].[O-2].[O-2].[O-2]. The topological polar surface area (TPSA) is 85.5 Å². The molecule has 0 bridgehead atoms. The second-order valence-corrected chi connectivity index (χ2v) is 0. The quantitative estimate of drug-likeness (QED) is 0.503. The van der Waals surface area contributed by atoms with E-state index >= 15 is 0 Å². The van der Waals surface area contributed by atoms with Gasteiger partial charge in [-0.15, -0.1) is 0 Å². The van der Waals surface area contributed by atoms with Gasteiger partial charge in [-0.2, -0.15) is 0 Å². The Labute approximate surface area is 117 Å². The molecule has 3 nitrogen and oxygen atoms in total. The molecule has 0 amide bonds. The second kappa shape index (κ2) is 122. The summed E-state index contributed by atoms with van der Waals surface area (Å²) >= 11 is 0. The Bertz CT molecular complexity index is 17.8. The van der Waals surface area contributed by atoms with E-state index in [1.165, 1.54) is 0 Å². The third-order valence-electron chi connectivity index (χ3n) is 0. The molecule has 0 aliphatic carbocycles. The van der Waals surface area contributed by atoms with Gasteiger partial charge in [-0.25, -0.2) is 0 Å². The molecule has 0 rings (SSSR count). The van der Waals surface area contributed by atoms with Crippen LogP contribution in [0.3, 0.4) is 0 Å². The maximum atomic E-state index is 0. The summed E-state index contributed by atoms with van der Waals surface area (Å²) in [4.78, 5) is 0. The van der Waals surface area contributed by atoms with Crippen LogP contribution in [0, 0.1) is 0 Å². The van der Waals surface area contributed by atoms with Crippen molar-refractivity contribution in [1.29, 1.82) is 0 Å². The zero-order valence-corrected chi connectivity index (χ0v) is 10.4. The fourth-order valence-corrected chi connectivity index (χ4v) is 0. The second-order valence-electron chi connectivity index (χ2n) is 0. The number of rotatable bonds is 0. The minimum atomic E-state index is 0. The van der Waals surface area contributed by atoms with E-state index in [0.29, 0.717) is 0 Å². The maximum absolute atomic E-state index is 0. The molecule has 0 aliphatic heterocycles. The van der Waals surface area contributed by atoms with Crippen molar-refractivity contribution in [3.63, 3.8) is 0 Å².